The number of ether oxygens (including phenoxy) is 2. The zero-order valence-electron chi connectivity index (χ0n) is 12.7. The number of carbonyl (C=O) groups is 2. The van der Waals surface area contributed by atoms with Gasteiger partial charge in [0.25, 0.3) is 0 Å². The van der Waals surface area contributed by atoms with Gasteiger partial charge in [0.05, 0.1) is 18.8 Å². The zero-order chi connectivity index (χ0) is 15.9. The van der Waals surface area contributed by atoms with Crippen molar-refractivity contribution in [3.05, 3.63) is 18.0 Å². The monoisotopic (exact) mass is 310 g/mol. The molecule has 1 aliphatic rings. The third-order valence-corrected chi connectivity index (χ3v) is 3.56. The van der Waals surface area contributed by atoms with Crippen LogP contribution in [0.15, 0.2) is 12.3 Å². The molecular formula is C14H22N4O4. The van der Waals surface area contributed by atoms with Crippen molar-refractivity contribution in [2.45, 2.75) is 38.5 Å². The van der Waals surface area contributed by atoms with E-state index in [1.54, 1.807) is 10.9 Å². The molecule has 3 N–H and O–H groups in total. The predicted molar refractivity (Wildman–Crippen MR) is 77.9 cm³/mol. The van der Waals surface area contributed by atoms with E-state index < -0.39 is 5.91 Å². The largest absolute Gasteiger partial charge is 0.379 e. The van der Waals surface area contributed by atoms with Crippen LogP contribution < -0.4 is 11.1 Å². The summed E-state index contributed by atoms with van der Waals surface area (Å²) in [6, 6.07) is 1.62. The van der Waals surface area contributed by atoms with E-state index in [1.165, 1.54) is 0 Å². The van der Waals surface area contributed by atoms with E-state index >= 15 is 0 Å². The molecule has 8 nitrogen and oxygen atoms in total. The van der Waals surface area contributed by atoms with Gasteiger partial charge in [-0.05, 0) is 19.4 Å². The molecule has 1 aromatic rings. The van der Waals surface area contributed by atoms with Crippen molar-refractivity contribution in [3.63, 3.8) is 0 Å². The third-order valence-electron chi connectivity index (χ3n) is 3.56. The van der Waals surface area contributed by atoms with E-state index in [-0.39, 0.29) is 24.7 Å². The number of aromatic nitrogens is 2. The van der Waals surface area contributed by atoms with Gasteiger partial charge in [-0.3, -0.25) is 14.3 Å². The number of nitrogens with one attached hydrogen (secondary N) is 1. The second kappa shape index (κ2) is 7.90. The number of hydrogen-bond acceptors (Lipinski definition) is 5. The van der Waals surface area contributed by atoms with Crippen LogP contribution in [0, 0.1) is 6.92 Å². The molecule has 2 amide bonds. The molecule has 1 aliphatic heterocycles. The van der Waals surface area contributed by atoms with Crippen LogP contribution in [0.5, 0.6) is 0 Å². The second-order valence-corrected chi connectivity index (χ2v) is 5.30. The van der Waals surface area contributed by atoms with Crippen LogP contribution in [0.25, 0.3) is 0 Å². The molecule has 0 saturated carbocycles. The highest BCUT2D eigenvalue weighted by atomic mass is 16.5. The van der Waals surface area contributed by atoms with Crippen LogP contribution in [0.1, 0.15) is 18.5 Å². The molecule has 122 valence electrons. The Hall–Kier alpha value is -1.93. The van der Waals surface area contributed by atoms with Gasteiger partial charge >= 0.3 is 0 Å². The summed E-state index contributed by atoms with van der Waals surface area (Å²) >= 11 is 0. The standard InChI is InChI=1S/C14H22N4O4/c1-10-2-5-16-18(10)6-3-14(20)17-11-8-21-7-4-12(11)22-9-13(15)19/h2,5,11-12H,3-4,6-9H2,1H3,(H2,15,19)(H,17,20)/t11-,12+/m1/s1. The molecule has 0 aliphatic carbocycles. The van der Waals surface area contributed by atoms with Crippen molar-refractivity contribution < 1.29 is 19.1 Å². The van der Waals surface area contributed by atoms with Crippen LogP contribution >= 0.6 is 0 Å². The zero-order valence-corrected chi connectivity index (χ0v) is 12.7. The molecule has 2 rings (SSSR count). The third kappa shape index (κ3) is 4.81. The van der Waals surface area contributed by atoms with Crippen LogP contribution in [0.3, 0.4) is 0 Å². The summed E-state index contributed by atoms with van der Waals surface area (Å²) in [6.45, 7) is 3.22. The van der Waals surface area contributed by atoms with Crippen molar-refractivity contribution in [3.8, 4) is 0 Å². The number of hydrogen-bond donors (Lipinski definition) is 2. The first-order valence-electron chi connectivity index (χ1n) is 7.31. The van der Waals surface area contributed by atoms with E-state index in [4.69, 9.17) is 15.2 Å². The molecule has 8 heteroatoms. The molecule has 1 saturated heterocycles. The summed E-state index contributed by atoms with van der Waals surface area (Å²) in [5.41, 5.74) is 6.09. The van der Waals surface area contributed by atoms with Crippen molar-refractivity contribution in [1.29, 1.82) is 0 Å². The highest BCUT2D eigenvalue weighted by Gasteiger charge is 2.28. The topological polar surface area (TPSA) is 108 Å². The minimum absolute atomic E-state index is 0.0990. The summed E-state index contributed by atoms with van der Waals surface area (Å²) in [5.74, 6) is -0.621. The Kier molecular flexibility index (Phi) is 5.91. The van der Waals surface area contributed by atoms with E-state index in [1.807, 2.05) is 13.0 Å². The Labute approximate surface area is 128 Å². The van der Waals surface area contributed by atoms with Gasteiger partial charge in [-0.1, -0.05) is 0 Å². The summed E-state index contributed by atoms with van der Waals surface area (Å²) in [7, 11) is 0. The summed E-state index contributed by atoms with van der Waals surface area (Å²) in [5, 5.41) is 7.03. The number of primary amides is 1. The predicted octanol–water partition coefficient (Wildman–Crippen LogP) is -0.643. The SMILES string of the molecule is Cc1ccnn1CCC(=O)N[C@@H]1COCC[C@@H]1OCC(N)=O. The number of rotatable bonds is 7. The highest BCUT2D eigenvalue weighted by Crippen LogP contribution is 2.12. The molecule has 1 aromatic heterocycles. The first-order valence-corrected chi connectivity index (χ1v) is 7.31. The normalized spacial score (nSPS) is 21.5. The first-order chi connectivity index (χ1) is 10.6. The quantitative estimate of drug-likeness (QED) is 0.696. The second-order valence-electron chi connectivity index (χ2n) is 5.30. The maximum atomic E-state index is 12.0. The summed E-state index contributed by atoms with van der Waals surface area (Å²) < 4.78 is 12.6. The van der Waals surface area contributed by atoms with Gasteiger partial charge in [0.2, 0.25) is 11.8 Å². The van der Waals surface area contributed by atoms with Crippen molar-refractivity contribution in [2.24, 2.45) is 5.73 Å². The Morgan fingerprint density at radius 1 is 1.59 bits per heavy atom. The molecule has 0 radical (unpaired) electrons. The van der Waals surface area contributed by atoms with E-state index in [0.29, 0.717) is 32.6 Å². The van der Waals surface area contributed by atoms with Gasteiger partial charge in [0, 0.05) is 31.5 Å². The lowest BCUT2D eigenvalue weighted by Crippen LogP contribution is -2.51. The Balaban J connectivity index is 1.80. The molecule has 0 bridgehead atoms. The van der Waals surface area contributed by atoms with Crippen LogP contribution in [0.2, 0.25) is 0 Å². The van der Waals surface area contributed by atoms with Crippen molar-refractivity contribution in [1.82, 2.24) is 15.1 Å². The lowest BCUT2D eigenvalue weighted by molar-refractivity contribution is -0.131. The Morgan fingerprint density at radius 2 is 2.41 bits per heavy atom. The fraction of sp³-hybridized carbons (Fsp3) is 0.643. The van der Waals surface area contributed by atoms with Gasteiger partial charge in [0.1, 0.15) is 6.61 Å². The Morgan fingerprint density at radius 3 is 3.09 bits per heavy atom. The first kappa shape index (κ1) is 16.4. The molecule has 22 heavy (non-hydrogen) atoms. The number of nitrogens with two attached hydrogens (primary N) is 1. The van der Waals surface area contributed by atoms with Crippen LogP contribution in [0.4, 0.5) is 0 Å². The van der Waals surface area contributed by atoms with Gasteiger partial charge in [-0.2, -0.15) is 5.10 Å². The van der Waals surface area contributed by atoms with Gasteiger partial charge < -0.3 is 20.5 Å². The Bertz CT molecular complexity index is 517. The van der Waals surface area contributed by atoms with Gasteiger partial charge in [-0.25, -0.2) is 0 Å². The number of aryl methyl sites for hydroxylation is 2. The minimum atomic E-state index is -0.522. The lowest BCUT2D eigenvalue weighted by atomic mass is 10.1. The molecule has 0 spiro atoms. The number of nitrogens with zero attached hydrogens (tertiary/aromatic N) is 2. The smallest absolute Gasteiger partial charge is 0.243 e. The minimum Gasteiger partial charge on any atom is -0.379 e. The van der Waals surface area contributed by atoms with E-state index in [9.17, 15) is 9.59 Å². The van der Waals surface area contributed by atoms with E-state index in [0.717, 1.165) is 5.69 Å². The van der Waals surface area contributed by atoms with E-state index in [2.05, 4.69) is 10.4 Å². The van der Waals surface area contributed by atoms with Crippen molar-refractivity contribution in [2.75, 3.05) is 19.8 Å². The van der Waals surface area contributed by atoms with Crippen molar-refractivity contribution >= 4 is 11.8 Å². The molecule has 0 aromatic carbocycles. The average molecular weight is 310 g/mol. The fourth-order valence-electron chi connectivity index (χ4n) is 2.36. The van der Waals surface area contributed by atoms with Crippen LogP contribution in [-0.2, 0) is 25.6 Å². The molecule has 1 fully saturated rings. The molecule has 2 heterocycles. The molecule has 2 atom stereocenters. The maximum Gasteiger partial charge on any atom is 0.243 e. The van der Waals surface area contributed by atoms with Crippen LogP contribution in [-0.4, -0.2) is 53.6 Å². The summed E-state index contributed by atoms with van der Waals surface area (Å²) in [4.78, 5) is 22.9. The fourth-order valence-corrected chi connectivity index (χ4v) is 2.36. The molecular weight excluding hydrogens is 288 g/mol. The van der Waals surface area contributed by atoms with Gasteiger partial charge in [0.15, 0.2) is 0 Å². The number of carbonyl (C=O) groups excluding carboxylic acids is 2. The average Bonchev–Trinajstić information content (AvgIpc) is 2.89. The maximum absolute atomic E-state index is 12.0. The molecule has 0 unspecified atom stereocenters. The lowest BCUT2D eigenvalue weighted by Gasteiger charge is -2.31. The van der Waals surface area contributed by atoms with Gasteiger partial charge in [-0.15, -0.1) is 0 Å². The number of amides is 2. The highest BCUT2D eigenvalue weighted by molar-refractivity contribution is 5.76. The summed E-state index contributed by atoms with van der Waals surface area (Å²) in [6.07, 6.45) is 2.39.